The van der Waals surface area contributed by atoms with Crippen LogP contribution in [0, 0.1) is 11.8 Å². The molecule has 1 aliphatic carbocycles. The van der Waals surface area contributed by atoms with E-state index in [9.17, 15) is 19.2 Å². The van der Waals surface area contributed by atoms with E-state index >= 15 is 0 Å². The standard InChI is InChI=1S/C23H17Br3Cl2N2O4/c24-12-3-1-11(2-4-12)20(31)10-29(21(32)14-6-5-13(27)7-19(14)28)30-22(33)15-8-17(25)18(26)9-16(15)23(30)34/h1-7,15-18H,8-10H2/t15-,16+,17-,18-/m0/s1. The Bertz CT molecular complexity index is 1150. The number of nitrogens with zero attached hydrogens (tertiary/aromatic N) is 2. The van der Waals surface area contributed by atoms with E-state index in [1.807, 2.05) is 0 Å². The van der Waals surface area contributed by atoms with Crippen molar-refractivity contribution in [1.29, 1.82) is 0 Å². The van der Waals surface area contributed by atoms with Gasteiger partial charge in [-0.15, -0.1) is 0 Å². The second kappa shape index (κ2) is 10.4. The quantitative estimate of drug-likeness (QED) is 0.221. The maximum atomic E-state index is 13.6. The number of hydrogen-bond donors (Lipinski definition) is 0. The van der Waals surface area contributed by atoms with E-state index in [-0.39, 0.29) is 20.2 Å². The number of amides is 3. The van der Waals surface area contributed by atoms with Gasteiger partial charge in [-0.2, -0.15) is 5.01 Å². The number of ketones is 1. The molecule has 34 heavy (non-hydrogen) atoms. The summed E-state index contributed by atoms with van der Waals surface area (Å²) in [5, 5.41) is 2.13. The molecule has 11 heteroatoms. The van der Waals surface area contributed by atoms with Crippen LogP contribution in [0.25, 0.3) is 0 Å². The van der Waals surface area contributed by atoms with Crippen LogP contribution in [-0.2, 0) is 9.59 Å². The van der Waals surface area contributed by atoms with Gasteiger partial charge in [-0.3, -0.25) is 19.2 Å². The molecule has 2 aliphatic rings. The Morgan fingerprint density at radius 2 is 1.50 bits per heavy atom. The van der Waals surface area contributed by atoms with Gasteiger partial charge in [0.05, 0.1) is 22.4 Å². The molecular weight excluding hydrogens is 679 g/mol. The summed E-state index contributed by atoms with van der Waals surface area (Å²) in [5.74, 6) is -3.33. The lowest BCUT2D eigenvalue weighted by Gasteiger charge is -2.30. The summed E-state index contributed by atoms with van der Waals surface area (Å²) in [6.45, 7) is -0.508. The van der Waals surface area contributed by atoms with Crippen LogP contribution >= 0.6 is 71.0 Å². The molecule has 0 spiro atoms. The Balaban J connectivity index is 1.72. The molecule has 0 bridgehead atoms. The minimum absolute atomic E-state index is 0.00436. The number of hydrazine groups is 1. The van der Waals surface area contributed by atoms with Gasteiger partial charge in [-0.1, -0.05) is 83.1 Å². The van der Waals surface area contributed by atoms with E-state index in [2.05, 4.69) is 47.8 Å². The number of rotatable bonds is 5. The van der Waals surface area contributed by atoms with Crippen molar-refractivity contribution in [3.05, 3.63) is 68.1 Å². The molecule has 178 valence electrons. The maximum Gasteiger partial charge on any atom is 0.274 e. The van der Waals surface area contributed by atoms with Crippen LogP contribution in [0.15, 0.2) is 46.9 Å². The molecule has 4 atom stereocenters. The minimum atomic E-state index is -0.738. The zero-order valence-electron chi connectivity index (χ0n) is 17.4. The fraction of sp³-hybridized carbons (Fsp3) is 0.304. The van der Waals surface area contributed by atoms with Crippen LogP contribution in [0.4, 0.5) is 0 Å². The molecule has 3 amide bonds. The molecule has 1 heterocycles. The molecule has 0 radical (unpaired) electrons. The lowest BCUT2D eigenvalue weighted by atomic mass is 9.81. The molecule has 0 aromatic heterocycles. The number of carbonyl (C=O) groups excluding carboxylic acids is 4. The first-order valence-electron chi connectivity index (χ1n) is 10.3. The van der Waals surface area contributed by atoms with Gasteiger partial charge in [0.1, 0.15) is 6.54 Å². The topological polar surface area (TPSA) is 74.8 Å². The van der Waals surface area contributed by atoms with Gasteiger partial charge in [-0.05, 0) is 43.2 Å². The van der Waals surface area contributed by atoms with E-state index < -0.39 is 41.9 Å². The Morgan fingerprint density at radius 3 is 2.03 bits per heavy atom. The molecule has 1 aliphatic heterocycles. The van der Waals surface area contributed by atoms with E-state index in [0.717, 1.165) is 14.5 Å². The van der Waals surface area contributed by atoms with Crippen LogP contribution in [-0.4, -0.2) is 49.7 Å². The lowest BCUT2D eigenvalue weighted by Crippen LogP contribution is -2.52. The highest BCUT2D eigenvalue weighted by atomic mass is 79.9. The third-order valence-corrected chi connectivity index (χ3v) is 9.80. The number of fused-ring (bicyclic) bond motifs is 1. The number of carbonyl (C=O) groups is 4. The van der Waals surface area contributed by atoms with Crippen molar-refractivity contribution < 1.29 is 19.2 Å². The average Bonchev–Trinajstić information content (AvgIpc) is 3.02. The van der Waals surface area contributed by atoms with Crippen LogP contribution in [0.3, 0.4) is 0 Å². The first-order chi connectivity index (χ1) is 16.1. The van der Waals surface area contributed by atoms with Crippen LogP contribution in [0.5, 0.6) is 0 Å². The predicted molar refractivity (Wildman–Crippen MR) is 139 cm³/mol. The van der Waals surface area contributed by atoms with Crippen molar-refractivity contribution in [3.8, 4) is 0 Å². The maximum absolute atomic E-state index is 13.6. The van der Waals surface area contributed by atoms with Gasteiger partial charge in [0, 0.05) is 24.7 Å². The number of Topliss-reactive ketones (excluding diaryl/α,β-unsaturated/α-hetero) is 1. The molecule has 2 aromatic rings. The summed E-state index contributed by atoms with van der Waals surface area (Å²) in [4.78, 5) is 53.5. The van der Waals surface area contributed by atoms with Crippen LogP contribution in [0.2, 0.25) is 10.0 Å². The van der Waals surface area contributed by atoms with E-state index in [1.165, 1.54) is 18.2 Å². The monoisotopic (exact) mass is 692 g/mol. The number of hydrogen-bond acceptors (Lipinski definition) is 4. The molecule has 4 rings (SSSR count). The molecule has 1 saturated carbocycles. The second-order valence-electron chi connectivity index (χ2n) is 8.12. The third kappa shape index (κ3) is 5.00. The Kier molecular flexibility index (Phi) is 7.89. The van der Waals surface area contributed by atoms with Crippen LogP contribution in [0.1, 0.15) is 33.6 Å². The normalized spacial score (nSPS) is 24.2. The fourth-order valence-corrected chi connectivity index (χ4v) is 6.20. The summed E-state index contributed by atoms with van der Waals surface area (Å²) >= 11 is 22.7. The number of alkyl halides is 2. The average molecular weight is 696 g/mol. The predicted octanol–water partition coefficient (Wildman–Crippen LogP) is 5.92. The molecule has 0 unspecified atom stereocenters. The molecule has 2 aromatic carbocycles. The highest BCUT2D eigenvalue weighted by Gasteiger charge is 2.54. The first-order valence-corrected chi connectivity index (χ1v) is 13.7. The fourth-order valence-electron chi connectivity index (χ4n) is 4.21. The molecule has 2 fully saturated rings. The SMILES string of the molecule is O=C(CN(C(=O)c1ccc(Cl)cc1Cl)N1C(=O)[C@H]2C[C@H](Br)[C@@H](Br)C[C@H]2C1=O)c1ccc(Br)cc1. The van der Waals surface area contributed by atoms with E-state index in [0.29, 0.717) is 23.4 Å². The molecule has 6 nitrogen and oxygen atoms in total. The highest BCUT2D eigenvalue weighted by molar-refractivity contribution is 9.12. The second-order valence-corrected chi connectivity index (χ2v) is 12.2. The Hall–Kier alpha value is -1.26. The zero-order chi connectivity index (χ0) is 24.7. The zero-order valence-corrected chi connectivity index (χ0v) is 23.7. The number of benzene rings is 2. The van der Waals surface area contributed by atoms with Crippen molar-refractivity contribution in [2.75, 3.05) is 6.54 Å². The summed E-state index contributed by atoms with van der Waals surface area (Å²) in [7, 11) is 0. The van der Waals surface area contributed by atoms with Crippen molar-refractivity contribution in [2.45, 2.75) is 22.5 Å². The molecular formula is C23H17Br3Cl2N2O4. The van der Waals surface area contributed by atoms with Crippen molar-refractivity contribution >= 4 is 94.5 Å². The first kappa shape index (κ1) is 25.8. The highest BCUT2D eigenvalue weighted by Crippen LogP contribution is 2.44. The van der Waals surface area contributed by atoms with Gasteiger partial charge >= 0.3 is 0 Å². The van der Waals surface area contributed by atoms with Gasteiger partial charge in [-0.25, -0.2) is 5.01 Å². The summed E-state index contributed by atoms with van der Waals surface area (Å²) in [6, 6.07) is 10.9. The van der Waals surface area contributed by atoms with Crippen LogP contribution < -0.4 is 0 Å². The van der Waals surface area contributed by atoms with Gasteiger partial charge in [0.25, 0.3) is 17.7 Å². The summed E-state index contributed by atoms with van der Waals surface area (Å²) in [6.07, 6.45) is 0.873. The van der Waals surface area contributed by atoms with Gasteiger partial charge in [0.2, 0.25) is 0 Å². The smallest absolute Gasteiger partial charge is 0.274 e. The summed E-state index contributed by atoms with van der Waals surface area (Å²) < 4.78 is 0.785. The Morgan fingerprint density at radius 1 is 0.941 bits per heavy atom. The van der Waals surface area contributed by atoms with E-state index in [4.69, 9.17) is 23.2 Å². The minimum Gasteiger partial charge on any atom is -0.292 e. The lowest BCUT2D eigenvalue weighted by molar-refractivity contribution is -0.154. The number of imide groups is 1. The molecule has 0 N–H and O–H groups in total. The largest absolute Gasteiger partial charge is 0.292 e. The van der Waals surface area contributed by atoms with Crippen molar-refractivity contribution in [2.24, 2.45) is 11.8 Å². The van der Waals surface area contributed by atoms with Crippen molar-refractivity contribution in [3.63, 3.8) is 0 Å². The van der Waals surface area contributed by atoms with Gasteiger partial charge in [0.15, 0.2) is 5.78 Å². The number of halogens is 5. The van der Waals surface area contributed by atoms with Gasteiger partial charge < -0.3 is 0 Å². The van der Waals surface area contributed by atoms with E-state index in [1.54, 1.807) is 24.3 Å². The molecule has 1 saturated heterocycles. The van der Waals surface area contributed by atoms with Crippen molar-refractivity contribution in [1.82, 2.24) is 10.0 Å². The third-order valence-electron chi connectivity index (χ3n) is 5.99. The summed E-state index contributed by atoms with van der Waals surface area (Å²) in [5.41, 5.74) is 0.364. The Labute approximate surface area is 231 Å².